The quantitative estimate of drug-likeness (QED) is 0.282. The third kappa shape index (κ3) is 5.19. The highest BCUT2D eigenvalue weighted by atomic mass is 19.1. The highest BCUT2D eigenvalue weighted by Gasteiger charge is 2.34. The number of carbonyl (C=O) groups excluding carboxylic acids is 2. The number of amides is 3. The molecule has 2 heterocycles. The summed E-state index contributed by atoms with van der Waals surface area (Å²) in [4.78, 5) is 40.4. The van der Waals surface area contributed by atoms with Gasteiger partial charge in [-0.1, -0.05) is 24.3 Å². The smallest absolute Gasteiger partial charge is 0.329 e. The zero-order valence-electron chi connectivity index (χ0n) is 20.8. The van der Waals surface area contributed by atoms with Crippen LogP contribution in [0.1, 0.15) is 27.9 Å². The first kappa shape index (κ1) is 25.2. The molecule has 0 spiro atoms. The molecule has 0 radical (unpaired) electrons. The lowest BCUT2D eigenvalue weighted by molar-refractivity contribution is -0.123. The van der Waals surface area contributed by atoms with Crippen LogP contribution in [-0.4, -0.2) is 33.7 Å². The number of nitrogens with zero attached hydrogens (tertiary/aromatic N) is 3. The van der Waals surface area contributed by atoms with Gasteiger partial charge in [-0.2, -0.15) is 5.26 Å². The molecular formula is C29H22FN5O4. The van der Waals surface area contributed by atoms with Gasteiger partial charge in [-0.15, -0.1) is 0 Å². The number of halogens is 1. The molecule has 194 valence electrons. The van der Waals surface area contributed by atoms with Crippen LogP contribution in [0.25, 0.3) is 11.8 Å². The SMILES string of the molecule is COc1ccc(-n2[nH]c(Cc3ccc(F)cc3)c(/C=C3\NC(=O)N(Cc4ccc(C#N)cc4)C3=O)c2=O)cc1. The van der Waals surface area contributed by atoms with Gasteiger partial charge in [-0.05, 0) is 65.7 Å². The lowest BCUT2D eigenvalue weighted by atomic mass is 10.1. The van der Waals surface area contributed by atoms with Crippen LogP contribution in [0, 0.1) is 17.1 Å². The van der Waals surface area contributed by atoms with Gasteiger partial charge in [0.25, 0.3) is 11.5 Å². The van der Waals surface area contributed by atoms with Gasteiger partial charge < -0.3 is 10.1 Å². The van der Waals surface area contributed by atoms with E-state index in [1.54, 1.807) is 67.8 Å². The number of hydrogen-bond acceptors (Lipinski definition) is 5. The molecule has 0 atom stereocenters. The Morgan fingerprint density at radius 2 is 1.62 bits per heavy atom. The molecule has 39 heavy (non-hydrogen) atoms. The summed E-state index contributed by atoms with van der Waals surface area (Å²) in [6.45, 7) is -0.000626. The van der Waals surface area contributed by atoms with Crippen LogP contribution in [-0.2, 0) is 17.8 Å². The first-order chi connectivity index (χ1) is 18.9. The van der Waals surface area contributed by atoms with Crippen molar-refractivity contribution in [1.29, 1.82) is 5.26 Å². The number of hydrogen-bond donors (Lipinski definition) is 2. The topological polar surface area (TPSA) is 120 Å². The number of urea groups is 1. The summed E-state index contributed by atoms with van der Waals surface area (Å²) >= 11 is 0. The van der Waals surface area contributed by atoms with Crippen LogP contribution in [0.15, 0.2) is 83.3 Å². The van der Waals surface area contributed by atoms with Gasteiger partial charge in [0.05, 0.1) is 36.5 Å². The van der Waals surface area contributed by atoms with E-state index in [0.29, 0.717) is 28.3 Å². The molecule has 1 aromatic heterocycles. The Labute approximate surface area is 222 Å². The number of methoxy groups -OCH3 is 1. The number of H-pyrrole nitrogens is 1. The number of aromatic nitrogens is 2. The fourth-order valence-electron chi connectivity index (χ4n) is 4.23. The third-order valence-electron chi connectivity index (χ3n) is 6.30. The molecule has 0 bridgehead atoms. The number of carbonyl (C=O) groups is 2. The molecular weight excluding hydrogens is 501 g/mol. The minimum absolute atomic E-state index is 0.000626. The Morgan fingerprint density at radius 1 is 0.949 bits per heavy atom. The van der Waals surface area contributed by atoms with E-state index in [2.05, 4.69) is 10.4 Å². The fourth-order valence-corrected chi connectivity index (χ4v) is 4.23. The number of nitrogens with one attached hydrogen (secondary N) is 2. The van der Waals surface area contributed by atoms with Gasteiger partial charge >= 0.3 is 6.03 Å². The summed E-state index contributed by atoms with van der Waals surface area (Å²) in [6, 6.07) is 20.6. The molecule has 0 aliphatic carbocycles. The molecule has 2 N–H and O–H groups in total. The lowest BCUT2D eigenvalue weighted by Crippen LogP contribution is -2.30. The molecule has 3 aromatic carbocycles. The van der Waals surface area contributed by atoms with Crippen LogP contribution in [0.3, 0.4) is 0 Å². The van der Waals surface area contributed by atoms with E-state index < -0.39 is 17.5 Å². The normalized spacial score (nSPS) is 14.0. The Morgan fingerprint density at radius 3 is 2.26 bits per heavy atom. The van der Waals surface area contributed by atoms with Crippen LogP contribution < -0.4 is 15.6 Å². The lowest BCUT2D eigenvalue weighted by Gasteiger charge is -2.11. The molecule has 0 saturated carbocycles. The maximum Gasteiger partial charge on any atom is 0.329 e. The Hall–Kier alpha value is -5.43. The van der Waals surface area contributed by atoms with Gasteiger partial charge in [0, 0.05) is 12.1 Å². The number of aromatic amines is 1. The fraction of sp³-hybridized carbons (Fsp3) is 0.103. The first-order valence-electron chi connectivity index (χ1n) is 11.9. The van der Waals surface area contributed by atoms with Gasteiger partial charge in [0.2, 0.25) is 0 Å². The summed E-state index contributed by atoms with van der Waals surface area (Å²) < 4.78 is 20.0. The zero-order chi connectivity index (χ0) is 27.5. The van der Waals surface area contributed by atoms with E-state index in [1.807, 2.05) is 6.07 Å². The number of nitriles is 1. The molecule has 1 aliphatic rings. The summed E-state index contributed by atoms with van der Waals surface area (Å²) in [5.41, 5.74) is 2.58. The molecule has 10 heteroatoms. The number of ether oxygens (including phenoxy) is 1. The highest BCUT2D eigenvalue weighted by molar-refractivity contribution is 6.13. The van der Waals surface area contributed by atoms with E-state index in [-0.39, 0.29) is 30.0 Å². The number of rotatable bonds is 7. The van der Waals surface area contributed by atoms with Crippen molar-refractivity contribution in [3.05, 3.63) is 123 Å². The molecule has 1 saturated heterocycles. The summed E-state index contributed by atoms with van der Waals surface area (Å²) in [5.74, 6) is -0.352. The van der Waals surface area contributed by atoms with Crippen molar-refractivity contribution in [2.75, 3.05) is 7.11 Å². The summed E-state index contributed by atoms with van der Waals surface area (Å²) in [7, 11) is 1.54. The molecule has 1 aliphatic heterocycles. The average Bonchev–Trinajstić information content (AvgIpc) is 3.40. The van der Waals surface area contributed by atoms with Crippen molar-refractivity contribution in [3.63, 3.8) is 0 Å². The molecule has 9 nitrogen and oxygen atoms in total. The second kappa shape index (κ2) is 10.5. The van der Waals surface area contributed by atoms with Crippen molar-refractivity contribution in [2.24, 2.45) is 0 Å². The standard InChI is InChI=1S/C29H22FN5O4/c1-39-23-12-10-22(11-13-23)35-27(36)24(25(33-35)14-18-6-8-21(30)9-7-18)15-26-28(37)34(29(38)32-26)17-20-4-2-19(16-31)3-5-20/h2-13,15,33H,14,17H2,1H3,(H,32,38)/b26-15-. The minimum Gasteiger partial charge on any atom is -0.497 e. The van der Waals surface area contributed by atoms with Crippen molar-refractivity contribution >= 4 is 18.0 Å². The molecule has 1 fully saturated rings. The molecule has 4 aromatic rings. The van der Waals surface area contributed by atoms with E-state index in [0.717, 1.165) is 10.5 Å². The van der Waals surface area contributed by atoms with Crippen molar-refractivity contribution in [2.45, 2.75) is 13.0 Å². The molecule has 0 unspecified atom stereocenters. The van der Waals surface area contributed by atoms with Crippen LogP contribution in [0.2, 0.25) is 0 Å². The van der Waals surface area contributed by atoms with Gasteiger partial charge in [0.15, 0.2) is 0 Å². The second-order valence-corrected chi connectivity index (χ2v) is 8.83. The molecule has 3 amide bonds. The highest BCUT2D eigenvalue weighted by Crippen LogP contribution is 2.21. The van der Waals surface area contributed by atoms with E-state index in [4.69, 9.17) is 10.00 Å². The van der Waals surface area contributed by atoms with E-state index >= 15 is 0 Å². The average molecular weight is 524 g/mol. The van der Waals surface area contributed by atoms with Gasteiger partial charge in [-0.3, -0.25) is 19.6 Å². The van der Waals surface area contributed by atoms with Gasteiger partial charge in [0.1, 0.15) is 17.3 Å². The predicted octanol–water partition coefficient (Wildman–Crippen LogP) is 3.87. The number of imide groups is 1. The van der Waals surface area contributed by atoms with Gasteiger partial charge in [-0.25, -0.2) is 13.9 Å². The monoisotopic (exact) mass is 523 g/mol. The second-order valence-electron chi connectivity index (χ2n) is 8.83. The Bertz CT molecular complexity index is 1680. The number of benzene rings is 3. The van der Waals surface area contributed by atoms with Crippen LogP contribution in [0.4, 0.5) is 9.18 Å². The van der Waals surface area contributed by atoms with E-state index in [1.165, 1.54) is 22.9 Å². The first-order valence-corrected chi connectivity index (χ1v) is 11.9. The molecule has 5 rings (SSSR count). The predicted molar refractivity (Wildman–Crippen MR) is 140 cm³/mol. The minimum atomic E-state index is -0.623. The Kier molecular flexibility index (Phi) is 6.80. The van der Waals surface area contributed by atoms with Crippen molar-refractivity contribution in [3.8, 4) is 17.5 Å². The maximum atomic E-state index is 13.5. The van der Waals surface area contributed by atoms with Crippen LogP contribution >= 0.6 is 0 Å². The van der Waals surface area contributed by atoms with Crippen molar-refractivity contribution in [1.82, 2.24) is 20.0 Å². The van der Waals surface area contributed by atoms with E-state index in [9.17, 15) is 18.8 Å². The maximum absolute atomic E-state index is 13.5. The van der Waals surface area contributed by atoms with Crippen molar-refractivity contribution < 1.29 is 18.7 Å². The summed E-state index contributed by atoms with van der Waals surface area (Å²) in [6.07, 6.45) is 1.60. The van der Waals surface area contributed by atoms with Crippen LogP contribution in [0.5, 0.6) is 5.75 Å². The largest absolute Gasteiger partial charge is 0.497 e. The zero-order valence-corrected chi connectivity index (χ0v) is 20.8. The summed E-state index contributed by atoms with van der Waals surface area (Å²) in [5, 5.41) is 14.6. The Balaban J connectivity index is 1.51. The third-order valence-corrected chi connectivity index (χ3v) is 6.30.